The second-order valence-corrected chi connectivity index (χ2v) is 6.41. The highest BCUT2D eigenvalue weighted by molar-refractivity contribution is 7.21. The van der Waals surface area contributed by atoms with Gasteiger partial charge in [0.2, 0.25) is 5.52 Å². The number of rotatable bonds is 2. The van der Waals surface area contributed by atoms with Crippen LogP contribution in [0.5, 0.6) is 0 Å². The summed E-state index contributed by atoms with van der Waals surface area (Å²) in [4.78, 5) is 2.12. The van der Waals surface area contributed by atoms with Gasteiger partial charge < -0.3 is 17.3 Å². The van der Waals surface area contributed by atoms with Crippen LogP contribution in [-0.2, 0) is 7.05 Å². The second-order valence-electron chi connectivity index (χ2n) is 5.38. The molecule has 21 heavy (non-hydrogen) atoms. The quantitative estimate of drug-likeness (QED) is 0.633. The molecule has 0 unspecified atom stereocenters. The van der Waals surface area contributed by atoms with Crippen molar-refractivity contribution >= 4 is 27.2 Å². The third kappa shape index (κ3) is 2.89. The number of hydrogen-bond acceptors (Lipinski definition) is 2. The number of nitrogens with zero attached hydrogens (tertiary/aromatic N) is 2. The molecule has 110 valence electrons. The fourth-order valence-corrected chi connectivity index (χ4v) is 3.55. The van der Waals surface area contributed by atoms with E-state index in [0.29, 0.717) is 0 Å². The van der Waals surface area contributed by atoms with Crippen LogP contribution < -0.4 is 21.9 Å². The van der Waals surface area contributed by atoms with Gasteiger partial charge in [0.25, 0.3) is 5.01 Å². The van der Waals surface area contributed by atoms with E-state index in [1.54, 1.807) is 0 Å². The molecule has 2 nitrogen and oxygen atoms in total. The molecule has 3 aromatic rings. The Labute approximate surface area is 136 Å². The normalized spacial score (nSPS) is 10.5. The van der Waals surface area contributed by atoms with Crippen molar-refractivity contribution in [3.8, 4) is 10.6 Å². The smallest absolute Gasteiger partial charge is 0.269 e. The van der Waals surface area contributed by atoms with Gasteiger partial charge in [-0.05, 0) is 42.8 Å². The molecular weight excluding hydrogens is 300 g/mol. The molecule has 0 amide bonds. The van der Waals surface area contributed by atoms with Crippen LogP contribution in [0.25, 0.3) is 20.8 Å². The van der Waals surface area contributed by atoms with Crippen LogP contribution >= 0.6 is 11.3 Å². The molecule has 0 aliphatic heterocycles. The van der Waals surface area contributed by atoms with Crippen molar-refractivity contribution < 1.29 is 17.0 Å². The lowest BCUT2D eigenvalue weighted by Gasteiger charge is -2.11. The molecule has 0 saturated heterocycles. The Morgan fingerprint density at radius 3 is 2.29 bits per heavy atom. The van der Waals surface area contributed by atoms with Crippen LogP contribution in [0.1, 0.15) is 5.56 Å². The second kappa shape index (κ2) is 6.04. The zero-order valence-corrected chi connectivity index (χ0v) is 14.3. The van der Waals surface area contributed by atoms with Gasteiger partial charge in [0.15, 0.2) is 0 Å². The Bertz CT molecular complexity index is 760. The minimum atomic E-state index is 0. The van der Waals surface area contributed by atoms with E-state index in [9.17, 15) is 0 Å². The molecule has 0 radical (unpaired) electrons. The van der Waals surface area contributed by atoms with Gasteiger partial charge >= 0.3 is 0 Å². The predicted octanol–water partition coefficient (Wildman–Crippen LogP) is 0.771. The lowest BCUT2D eigenvalue weighted by molar-refractivity contribution is -0.629. The van der Waals surface area contributed by atoms with Crippen LogP contribution in [0.2, 0.25) is 0 Å². The Morgan fingerprint density at radius 1 is 1.00 bits per heavy atom. The minimum absolute atomic E-state index is 0. The Morgan fingerprint density at radius 2 is 1.67 bits per heavy atom. The summed E-state index contributed by atoms with van der Waals surface area (Å²) in [5.74, 6) is 0. The van der Waals surface area contributed by atoms with Crippen LogP contribution in [0.3, 0.4) is 0 Å². The van der Waals surface area contributed by atoms with Gasteiger partial charge in [0, 0.05) is 25.8 Å². The van der Waals surface area contributed by atoms with Crippen molar-refractivity contribution in [3.05, 3.63) is 48.0 Å². The standard InChI is InChI=1S/C17H19N2S.ClH/c1-12-5-10-16-15(11-12)19(4)17(20-16)13-6-8-14(9-7-13)18(2)3;/h5-11H,1-4H3;1H/q+1;/p-1. The van der Waals surface area contributed by atoms with E-state index in [1.165, 1.54) is 32.0 Å². The molecule has 1 aromatic heterocycles. The van der Waals surface area contributed by atoms with E-state index in [1.807, 2.05) is 11.3 Å². The lowest BCUT2D eigenvalue weighted by atomic mass is 10.2. The molecule has 1 heterocycles. The number of aromatic nitrogens is 1. The lowest BCUT2D eigenvalue weighted by Crippen LogP contribution is -3.00. The number of aryl methyl sites for hydroxylation is 2. The van der Waals surface area contributed by atoms with Crippen molar-refractivity contribution in [2.75, 3.05) is 19.0 Å². The summed E-state index contributed by atoms with van der Waals surface area (Å²) in [6, 6.07) is 15.4. The number of thiazole rings is 1. The molecule has 0 spiro atoms. The maximum Gasteiger partial charge on any atom is 0.269 e. The molecule has 0 fully saturated rings. The Balaban J connectivity index is 0.00000161. The highest BCUT2D eigenvalue weighted by Gasteiger charge is 2.18. The molecule has 0 atom stereocenters. The van der Waals surface area contributed by atoms with Gasteiger partial charge in [0.05, 0.1) is 5.56 Å². The number of fused-ring (bicyclic) bond motifs is 1. The molecule has 0 aliphatic carbocycles. The average molecular weight is 319 g/mol. The predicted molar refractivity (Wildman–Crippen MR) is 87.5 cm³/mol. The van der Waals surface area contributed by atoms with Crippen LogP contribution in [0, 0.1) is 6.92 Å². The summed E-state index contributed by atoms with van der Waals surface area (Å²) in [6.45, 7) is 2.14. The van der Waals surface area contributed by atoms with E-state index >= 15 is 0 Å². The van der Waals surface area contributed by atoms with Gasteiger partial charge in [-0.15, -0.1) is 0 Å². The zero-order valence-electron chi connectivity index (χ0n) is 12.7. The van der Waals surface area contributed by atoms with Gasteiger partial charge in [-0.2, -0.15) is 4.57 Å². The van der Waals surface area contributed by atoms with E-state index in [4.69, 9.17) is 0 Å². The first kappa shape index (κ1) is 15.8. The first-order chi connectivity index (χ1) is 9.56. The molecule has 3 rings (SSSR count). The van der Waals surface area contributed by atoms with Crippen molar-refractivity contribution in [1.82, 2.24) is 0 Å². The number of hydrogen-bond donors (Lipinski definition) is 0. The summed E-state index contributed by atoms with van der Waals surface area (Å²) in [6.07, 6.45) is 0. The van der Waals surface area contributed by atoms with Gasteiger partial charge in [-0.1, -0.05) is 17.4 Å². The van der Waals surface area contributed by atoms with Crippen molar-refractivity contribution in [2.45, 2.75) is 6.92 Å². The highest BCUT2D eigenvalue weighted by Crippen LogP contribution is 2.29. The summed E-state index contributed by atoms with van der Waals surface area (Å²) in [5.41, 5.74) is 5.12. The van der Waals surface area contributed by atoms with Gasteiger partial charge in [-0.3, -0.25) is 0 Å². The zero-order chi connectivity index (χ0) is 14.3. The summed E-state index contributed by atoms with van der Waals surface area (Å²) in [7, 11) is 6.28. The number of benzene rings is 2. The maximum atomic E-state index is 2.29. The summed E-state index contributed by atoms with van der Waals surface area (Å²) < 4.78 is 3.63. The number of halogens is 1. The van der Waals surface area contributed by atoms with Gasteiger partial charge in [0.1, 0.15) is 11.7 Å². The van der Waals surface area contributed by atoms with Crippen molar-refractivity contribution in [3.63, 3.8) is 0 Å². The summed E-state index contributed by atoms with van der Waals surface area (Å²) in [5, 5.41) is 1.30. The Hall–Kier alpha value is -1.58. The van der Waals surface area contributed by atoms with Crippen LogP contribution in [-0.4, -0.2) is 14.1 Å². The third-order valence-electron chi connectivity index (χ3n) is 3.62. The largest absolute Gasteiger partial charge is 1.00 e. The monoisotopic (exact) mass is 318 g/mol. The van der Waals surface area contributed by atoms with E-state index in [0.717, 1.165) is 0 Å². The summed E-state index contributed by atoms with van der Waals surface area (Å²) >= 11 is 1.85. The van der Waals surface area contributed by atoms with E-state index < -0.39 is 0 Å². The van der Waals surface area contributed by atoms with E-state index in [2.05, 4.69) is 80.0 Å². The molecular formula is C17H19ClN2S. The molecule has 4 heteroatoms. The first-order valence-corrected chi connectivity index (χ1v) is 7.55. The minimum Gasteiger partial charge on any atom is -1.00 e. The molecule has 0 bridgehead atoms. The van der Waals surface area contributed by atoms with Crippen LogP contribution in [0.4, 0.5) is 5.69 Å². The highest BCUT2D eigenvalue weighted by atomic mass is 35.5. The Kier molecular flexibility index (Phi) is 4.55. The van der Waals surface area contributed by atoms with E-state index in [-0.39, 0.29) is 12.4 Å². The molecule has 2 aromatic carbocycles. The van der Waals surface area contributed by atoms with Crippen LogP contribution in [0.15, 0.2) is 42.5 Å². The topological polar surface area (TPSA) is 7.12 Å². The number of anilines is 1. The van der Waals surface area contributed by atoms with Crippen molar-refractivity contribution in [1.29, 1.82) is 0 Å². The molecule has 0 N–H and O–H groups in total. The van der Waals surface area contributed by atoms with Crippen molar-refractivity contribution in [2.24, 2.45) is 7.05 Å². The SMILES string of the molecule is Cc1ccc2sc(-c3ccc(N(C)C)cc3)[n+](C)c2c1.[Cl-]. The first-order valence-electron chi connectivity index (χ1n) is 6.73. The maximum absolute atomic E-state index is 2.29. The molecule has 0 aliphatic rings. The fourth-order valence-electron chi connectivity index (χ4n) is 2.41. The third-order valence-corrected chi connectivity index (χ3v) is 4.89. The van der Waals surface area contributed by atoms with Gasteiger partial charge in [-0.25, -0.2) is 0 Å². The fraction of sp³-hybridized carbons (Fsp3) is 0.235. The average Bonchev–Trinajstić information content (AvgIpc) is 2.76. The molecule has 0 saturated carbocycles.